The first kappa shape index (κ1) is 46.7. The van der Waals surface area contributed by atoms with Gasteiger partial charge in [-0.15, -0.1) is 11.3 Å². The first-order valence-electron chi connectivity index (χ1n) is 26.1. The summed E-state index contributed by atoms with van der Waals surface area (Å²) in [6.07, 6.45) is 0. The lowest BCUT2D eigenvalue weighted by molar-refractivity contribution is 0.590. The van der Waals surface area contributed by atoms with Crippen LogP contribution in [-0.2, 0) is 21.7 Å². The predicted octanol–water partition coefficient (Wildman–Crippen LogP) is 11.2. The molecular formula is C64H65B4N3S. The highest BCUT2D eigenvalue weighted by Gasteiger charge is 2.49. The fraction of sp³-hybridized carbons (Fsp3) is 0.250. The van der Waals surface area contributed by atoms with Crippen molar-refractivity contribution in [1.29, 1.82) is 0 Å². The largest absolute Gasteiger partial charge is 0.319 e. The molecule has 0 saturated heterocycles. The fourth-order valence-electron chi connectivity index (χ4n) is 12.1. The minimum Gasteiger partial charge on any atom is -0.319 e. The second-order valence-electron chi connectivity index (χ2n) is 25.2. The molecule has 72 heavy (non-hydrogen) atoms. The second-order valence-corrected chi connectivity index (χ2v) is 26.2. The maximum absolute atomic E-state index is 2.71. The van der Waals surface area contributed by atoms with Gasteiger partial charge in [0.2, 0.25) is 0 Å². The molecule has 2 aliphatic rings. The Morgan fingerprint density at radius 2 is 0.917 bits per heavy atom. The Morgan fingerprint density at radius 1 is 0.431 bits per heavy atom. The monoisotopic (exact) mass is 952 g/mol. The fourth-order valence-corrected chi connectivity index (χ4v) is 13.5. The molecule has 0 aliphatic carbocycles. The summed E-state index contributed by atoms with van der Waals surface area (Å²) >= 11 is 1.97. The van der Waals surface area contributed by atoms with Crippen molar-refractivity contribution >= 4 is 150 Å². The molecule has 0 spiro atoms. The summed E-state index contributed by atoms with van der Waals surface area (Å²) in [5.74, 6) is 0. The van der Waals surface area contributed by atoms with Crippen molar-refractivity contribution in [3.63, 3.8) is 0 Å². The van der Waals surface area contributed by atoms with Gasteiger partial charge in [0.25, 0.3) is 6.71 Å². The molecule has 12 rings (SSSR count). The van der Waals surface area contributed by atoms with Crippen LogP contribution in [0.4, 0.5) is 34.1 Å². The molecule has 3 nitrogen and oxygen atoms in total. The van der Waals surface area contributed by atoms with Crippen molar-refractivity contribution in [2.75, 3.05) is 9.80 Å². The Hall–Kier alpha value is -6.36. The van der Waals surface area contributed by atoms with Gasteiger partial charge in [-0.25, -0.2) is 0 Å². The van der Waals surface area contributed by atoms with Gasteiger partial charge >= 0.3 is 0 Å². The van der Waals surface area contributed by atoms with Crippen molar-refractivity contribution in [3.8, 4) is 5.69 Å². The molecule has 354 valence electrons. The standard InChI is InChI=1S/C64H65B4N3S/c1-61(2,3)37-18-25-41(26-19-37)69-48-33-24-40(64(10,11)12)35-47(48)68-54-56(69)52(66)51(65)53(67)57(54)71(43-29-22-39(23-30-43)63(7,8)9)55-50-49(70(60(55)68)42-27-20-38(21-28-42)62(4,5)6)34-32-46-45-31-17-36-15-13-14-16-44(36)58(45)72-59(46)50/h13-35H,65-67H2,1-12H3. The summed E-state index contributed by atoms with van der Waals surface area (Å²) in [4.78, 5) is 5.33. The molecule has 8 heteroatoms. The van der Waals surface area contributed by atoms with E-state index in [0.29, 0.717) is 0 Å². The van der Waals surface area contributed by atoms with Gasteiger partial charge in [-0.1, -0.05) is 190 Å². The maximum Gasteiger partial charge on any atom is 0.273 e. The number of benzene rings is 8. The molecule has 2 aromatic heterocycles. The molecule has 0 saturated carbocycles. The van der Waals surface area contributed by atoms with Crippen molar-refractivity contribution < 1.29 is 0 Å². The quantitative estimate of drug-likeness (QED) is 0.164. The molecule has 2 aliphatic heterocycles. The van der Waals surface area contributed by atoms with Crippen LogP contribution in [-0.4, -0.2) is 34.8 Å². The summed E-state index contributed by atoms with van der Waals surface area (Å²) in [5, 5.41) is 6.53. The Labute approximate surface area is 434 Å². The van der Waals surface area contributed by atoms with Gasteiger partial charge in [0.1, 0.15) is 23.5 Å². The molecule has 0 atom stereocenters. The topological polar surface area (TPSA) is 11.4 Å². The van der Waals surface area contributed by atoms with Crippen LogP contribution in [0.5, 0.6) is 0 Å². The summed E-state index contributed by atoms with van der Waals surface area (Å²) in [7, 11) is 7.14. The SMILES string of the molecule is Bc1c(B)c2c3c(c1B)N(c1ccc(C(C)(C)C)cc1)c1c(n(-c4ccc(C(C)(C)C)cc4)c4ccc5c6ccc7ccccc7c6sc5c14)B3c1cc(C(C)(C)C)ccc1N2c1ccc(C(C)(C)C)cc1. The molecule has 0 fully saturated rings. The Morgan fingerprint density at radius 3 is 1.49 bits per heavy atom. The van der Waals surface area contributed by atoms with Crippen LogP contribution < -0.4 is 42.7 Å². The zero-order chi connectivity index (χ0) is 50.7. The van der Waals surface area contributed by atoms with Crippen LogP contribution in [0.25, 0.3) is 47.5 Å². The van der Waals surface area contributed by atoms with Gasteiger partial charge in [0.15, 0.2) is 0 Å². The van der Waals surface area contributed by atoms with E-state index in [1.165, 1.54) is 137 Å². The predicted molar refractivity (Wildman–Crippen MR) is 327 cm³/mol. The highest BCUT2D eigenvalue weighted by Crippen LogP contribution is 2.51. The van der Waals surface area contributed by atoms with Crippen molar-refractivity contribution in [3.05, 3.63) is 162 Å². The summed E-state index contributed by atoms with van der Waals surface area (Å²) in [6.45, 7) is 27.8. The van der Waals surface area contributed by atoms with Crippen LogP contribution in [0.2, 0.25) is 0 Å². The number of hydrogen-bond donors (Lipinski definition) is 0. The summed E-state index contributed by atoms with van der Waals surface area (Å²) < 4.78 is 5.36. The number of anilines is 6. The first-order valence-corrected chi connectivity index (χ1v) is 27.0. The smallest absolute Gasteiger partial charge is 0.273 e. The van der Waals surface area contributed by atoms with E-state index in [1.807, 2.05) is 11.3 Å². The number of thiophene rings is 1. The van der Waals surface area contributed by atoms with E-state index in [9.17, 15) is 0 Å². The first-order chi connectivity index (χ1) is 34.0. The van der Waals surface area contributed by atoms with E-state index in [0.717, 1.165) is 0 Å². The van der Waals surface area contributed by atoms with Crippen molar-refractivity contribution in [1.82, 2.24) is 4.57 Å². The normalized spacial score (nSPS) is 13.9. The molecular weight excluding hydrogens is 886 g/mol. The Bertz CT molecular complexity index is 3870. The lowest BCUT2D eigenvalue weighted by Crippen LogP contribution is -2.67. The molecule has 0 unspecified atom stereocenters. The van der Waals surface area contributed by atoms with E-state index >= 15 is 0 Å². The van der Waals surface area contributed by atoms with E-state index < -0.39 is 0 Å². The van der Waals surface area contributed by atoms with Gasteiger partial charge in [-0.05, 0) is 114 Å². The lowest BCUT2D eigenvalue weighted by atomic mass is 9.33. The molecule has 0 N–H and O–H groups in total. The van der Waals surface area contributed by atoms with Gasteiger partial charge in [0, 0.05) is 65.3 Å². The summed E-state index contributed by atoms with van der Waals surface area (Å²) in [5.41, 5.74) is 23.2. The van der Waals surface area contributed by atoms with Crippen LogP contribution in [0.3, 0.4) is 0 Å². The third kappa shape index (κ3) is 6.94. The van der Waals surface area contributed by atoms with E-state index in [1.54, 1.807) is 0 Å². The number of rotatable bonds is 3. The molecule has 0 radical (unpaired) electrons. The number of aromatic nitrogens is 1. The number of nitrogens with zero attached hydrogens (tertiary/aromatic N) is 3. The van der Waals surface area contributed by atoms with Gasteiger partial charge < -0.3 is 14.4 Å². The third-order valence-electron chi connectivity index (χ3n) is 16.5. The Balaban J connectivity index is 1.30. The number of hydrogen-bond acceptors (Lipinski definition) is 3. The van der Waals surface area contributed by atoms with Crippen molar-refractivity contribution in [2.45, 2.75) is 105 Å². The molecule has 4 heterocycles. The molecule has 8 aromatic carbocycles. The van der Waals surface area contributed by atoms with Gasteiger partial charge in [-0.3, -0.25) is 0 Å². The highest BCUT2D eigenvalue weighted by atomic mass is 32.1. The third-order valence-corrected chi connectivity index (χ3v) is 17.7. The van der Waals surface area contributed by atoms with E-state index in [-0.39, 0.29) is 28.4 Å². The van der Waals surface area contributed by atoms with Crippen LogP contribution in [0, 0.1) is 0 Å². The zero-order valence-corrected chi connectivity index (χ0v) is 45.9. The average molecular weight is 952 g/mol. The lowest BCUT2D eigenvalue weighted by Gasteiger charge is -2.46. The highest BCUT2D eigenvalue weighted by molar-refractivity contribution is 7.27. The van der Waals surface area contributed by atoms with Crippen LogP contribution >= 0.6 is 11.3 Å². The molecule has 0 amide bonds. The van der Waals surface area contributed by atoms with Gasteiger partial charge in [-0.2, -0.15) is 0 Å². The number of fused-ring (bicyclic) bond motifs is 12. The maximum atomic E-state index is 2.71. The second kappa shape index (κ2) is 15.8. The van der Waals surface area contributed by atoms with Crippen LogP contribution in [0.1, 0.15) is 105 Å². The Kier molecular flexibility index (Phi) is 10.3. The molecule has 0 bridgehead atoms. The van der Waals surface area contributed by atoms with Crippen LogP contribution in [0.15, 0.2) is 140 Å². The minimum absolute atomic E-state index is 0.00494. The molecule has 10 aromatic rings. The van der Waals surface area contributed by atoms with Gasteiger partial charge in [0.05, 0.1) is 11.2 Å². The van der Waals surface area contributed by atoms with E-state index in [2.05, 4.69) is 261 Å². The average Bonchev–Trinajstić information content (AvgIpc) is 3.90. The minimum atomic E-state index is -0.101. The summed E-state index contributed by atoms with van der Waals surface area (Å²) in [6, 6.07) is 54.5. The zero-order valence-electron chi connectivity index (χ0n) is 45.1. The van der Waals surface area contributed by atoms with E-state index in [4.69, 9.17) is 0 Å². The van der Waals surface area contributed by atoms with Crippen molar-refractivity contribution in [2.24, 2.45) is 0 Å².